The third-order valence-corrected chi connectivity index (χ3v) is 9.54. The molecule has 39 heavy (non-hydrogen) atoms. The first-order chi connectivity index (χ1) is 18.5. The fourth-order valence-corrected chi connectivity index (χ4v) is 7.02. The van der Waals surface area contributed by atoms with Crippen LogP contribution in [0.3, 0.4) is 0 Å². The van der Waals surface area contributed by atoms with Crippen LogP contribution in [0.4, 0.5) is 5.69 Å². The van der Waals surface area contributed by atoms with Gasteiger partial charge < -0.3 is 20.2 Å². The minimum atomic E-state index is -4.47. The monoisotopic (exact) mass is 616 g/mol. The van der Waals surface area contributed by atoms with Crippen molar-refractivity contribution in [1.29, 1.82) is 0 Å². The average Bonchev–Trinajstić information content (AvgIpc) is 3.64. The van der Waals surface area contributed by atoms with Crippen molar-refractivity contribution in [1.82, 2.24) is 14.9 Å². The first-order valence-electron chi connectivity index (χ1n) is 12.1. The number of rotatable bonds is 11. The highest BCUT2D eigenvalue weighted by Crippen LogP contribution is 2.34. The second-order valence-corrected chi connectivity index (χ2v) is 12.9. The zero-order valence-electron chi connectivity index (χ0n) is 20.6. The molecule has 15 heteroatoms. The predicted octanol–water partition coefficient (Wildman–Crippen LogP) is 2.72. The van der Waals surface area contributed by atoms with Crippen LogP contribution in [-0.2, 0) is 24.4 Å². The highest BCUT2D eigenvalue weighted by atomic mass is 35.5. The number of hydrogen-bond donors (Lipinski definition) is 3. The van der Waals surface area contributed by atoms with E-state index in [0.717, 1.165) is 29.1 Å². The van der Waals surface area contributed by atoms with Crippen LogP contribution in [0.1, 0.15) is 41.8 Å². The number of sulfonamides is 1. The highest BCUT2D eigenvalue weighted by molar-refractivity contribution is 7.89. The lowest BCUT2D eigenvalue weighted by Crippen LogP contribution is -2.55. The SMILES string of the molecule is O=C(O)CN(C(=O)C(CNC(=O)c1ccc(Cl)s1)NS(=O)(=O)c1cccc(N2CCCCC2=O)c1Cl)C1CC1. The van der Waals surface area contributed by atoms with Gasteiger partial charge in [-0.15, -0.1) is 11.3 Å². The van der Waals surface area contributed by atoms with Crippen LogP contribution in [-0.4, -0.2) is 73.8 Å². The Kier molecular flexibility index (Phi) is 9.17. The van der Waals surface area contributed by atoms with E-state index in [4.69, 9.17) is 23.2 Å². The second-order valence-electron chi connectivity index (χ2n) is 9.17. The number of halogens is 2. The molecule has 11 nitrogen and oxygen atoms in total. The van der Waals surface area contributed by atoms with Gasteiger partial charge in [-0.1, -0.05) is 29.3 Å². The summed E-state index contributed by atoms with van der Waals surface area (Å²) in [6.07, 6.45) is 2.95. The van der Waals surface area contributed by atoms with E-state index in [2.05, 4.69) is 10.0 Å². The minimum Gasteiger partial charge on any atom is -0.480 e. The Morgan fingerprint density at radius 1 is 1.15 bits per heavy atom. The van der Waals surface area contributed by atoms with Crippen LogP contribution >= 0.6 is 34.5 Å². The Morgan fingerprint density at radius 2 is 1.90 bits per heavy atom. The van der Waals surface area contributed by atoms with Crippen molar-refractivity contribution in [3.8, 4) is 0 Å². The van der Waals surface area contributed by atoms with E-state index in [0.29, 0.717) is 30.1 Å². The molecule has 210 valence electrons. The molecule has 0 radical (unpaired) electrons. The maximum absolute atomic E-state index is 13.5. The van der Waals surface area contributed by atoms with E-state index < -0.39 is 46.9 Å². The summed E-state index contributed by atoms with van der Waals surface area (Å²) in [5, 5.41) is 11.7. The van der Waals surface area contributed by atoms with Gasteiger partial charge in [0.15, 0.2) is 0 Å². The third-order valence-electron chi connectivity index (χ3n) is 6.28. The summed E-state index contributed by atoms with van der Waals surface area (Å²) in [5.41, 5.74) is 0.237. The molecule has 4 rings (SSSR count). The Hall–Kier alpha value is -2.71. The van der Waals surface area contributed by atoms with Crippen LogP contribution in [0.2, 0.25) is 9.36 Å². The van der Waals surface area contributed by atoms with E-state index >= 15 is 0 Å². The smallest absolute Gasteiger partial charge is 0.323 e. The first kappa shape index (κ1) is 29.3. The number of thiophene rings is 1. The number of benzene rings is 1. The van der Waals surface area contributed by atoms with Crippen molar-refractivity contribution < 1.29 is 32.7 Å². The van der Waals surface area contributed by atoms with Gasteiger partial charge in [-0.25, -0.2) is 8.42 Å². The molecular weight excluding hydrogens is 591 g/mol. The highest BCUT2D eigenvalue weighted by Gasteiger charge is 2.39. The Labute approximate surface area is 239 Å². The summed E-state index contributed by atoms with van der Waals surface area (Å²) in [7, 11) is -4.47. The van der Waals surface area contributed by atoms with Gasteiger partial charge in [0.05, 0.1) is 19.9 Å². The lowest BCUT2D eigenvalue weighted by atomic mass is 10.1. The molecule has 3 N–H and O–H groups in total. The number of carbonyl (C=O) groups excluding carboxylic acids is 3. The van der Waals surface area contributed by atoms with Crippen molar-refractivity contribution in [3.05, 3.63) is 44.6 Å². The van der Waals surface area contributed by atoms with E-state index in [-0.39, 0.29) is 32.4 Å². The minimum absolute atomic E-state index is 0.177. The number of aliphatic carboxylic acids is 1. The van der Waals surface area contributed by atoms with Gasteiger partial charge in [0.2, 0.25) is 21.8 Å². The Bertz CT molecular complexity index is 1390. The van der Waals surface area contributed by atoms with Crippen LogP contribution in [0.25, 0.3) is 0 Å². The number of carboxylic acid groups (broad SMARTS) is 1. The zero-order valence-corrected chi connectivity index (χ0v) is 23.7. The summed E-state index contributed by atoms with van der Waals surface area (Å²) < 4.78 is 29.7. The number of hydrogen-bond acceptors (Lipinski definition) is 7. The van der Waals surface area contributed by atoms with E-state index in [1.165, 1.54) is 29.2 Å². The van der Waals surface area contributed by atoms with Crippen molar-refractivity contribution in [3.63, 3.8) is 0 Å². The van der Waals surface area contributed by atoms with Gasteiger partial charge in [-0.3, -0.25) is 19.2 Å². The van der Waals surface area contributed by atoms with Crippen molar-refractivity contribution in [2.75, 3.05) is 24.5 Å². The molecule has 1 saturated carbocycles. The first-order valence-corrected chi connectivity index (χ1v) is 15.2. The van der Waals surface area contributed by atoms with Gasteiger partial charge in [-0.05, 0) is 49.9 Å². The normalized spacial score (nSPS) is 16.6. The van der Waals surface area contributed by atoms with E-state index in [1.807, 2.05) is 0 Å². The van der Waals surface area contributed by atoms with E-state index in [1.54, 1.807) is 6.07 Å². The number of carbonyl (C=O) groups is 4. The molecule has 3 amide bonds. The Morgan fingerprint density at radius 3 is 2.51 bits per heavy atom. The summed E-state index contributed by atoms with van der Waals surface area (Å²) in [5.74, 6) is -2.81. The van der Waals surface area contributed by atoms with Gasteiger partial charge in [0.25, 0.3) is 5.91 Å². The molecule has 1 aromatic heterocycles. The average molecular weight is 618 g/mol. The van der Waals surface area contributed by atoms with Crippen molar-refractivity contribution in [2.24, 2.45) is 0 Å². The molecule has 1 aromatic carbocycles. The Balaban J connectivity index is 1.61. The third kappa shape index (κ3) is 7.09. The molecule has 1 aliphatic carbocycles. The maximum Gasteiger partial charge on any atom is 0.323 e. The molecule has 2 heterocycles. The van der Waals surface area contributed by atoms with Crippen LogP contribution in [0.15, 0.2) is 35.2 Å². The van der Waals surface area contributed by atoms with E-state index in [9.17, 15) is 32.7 Å². The topological polar surface area (TPSA) is 153 Å². The van der Waals surface area contributed by atoms with Crippen LogP contribution < -0.4 is 14.9 Å². The predicted molar refractivity (Wildman–Crippen MR) is 146 cm³/mol. The second kappa shape index (κ2) is 12.2. The van der Waals surface area contributed by atoms with Gasteiger partial charge in [-0.2, -0.15) is 4.72 Å². The standard InChI is InChI=1S/C24H26Cl2N4O7S2/c25-19-10-9-17(38-19)23(34)27-12-15(24(35)30(13-21(32)33)14-7-8-14)28-39(36,37)18-5-3-4-16(22(18)26)29-11-2-1-6-20(29)31/h3-5,9-10,14-15,28H,1-2,6-8,11-13H2,(H,27,34)(H,32,33). The van der Waals surface area contributed by atoms with Crippen molar-refractivity contribution in [2.45, 2.75) is 49.1 Å². The number of carboxylic acids is 1. The molecule has 2 fully saturated rings. The number of amides is 3. The molecular formula is C24H26Cl2N4O7S2. The zero-order chi connectivity index (χ0) is 28.3. The fraction of sp³-hybridized carbons (Fsp3) is 0.417. The lowest BCUT2D eigenvalue weighted by molar-refractivity contribution is -0.145. The van der Waals surface area contributed by atoms with Crippen molar-refractivity contribution >= 4 is 73.9 Å². The van der Waals surface area contributed by atoms with Gasteiger partial charge >= 0.3 is 5.97 Å². The van der Waals surface area contributed by atoms with Crippen LogP contribution in [0.5, 0.6) is 0 Å². The van der Waals surface area contributed by atoms with Gasteiger partial charge in [0.1, 0.15) is 17.5 Å². The molecule has 2 aromatic rings. The molecule has 1 unspecified atom stereocenters. The molecule has 0 bridgehead atoms. The molecule has 1 atom stereocenters. The maximum atomic E-state index is 13.5. The van der Waals surface area contributed by atoms with Gasteiger partial charge in [0, 0.05) is 25.6 Å². The lowest BCUT2D eigenvalue weighted by Gasteiger charge is -2.29. The number of anilines is 1. The summed E-state index contributed by atoms with van der Waals surface area (Å²) in [6, 6.07) is 5.36. The summed E-state index contributed by atoms with van der Waals surface area (Å²) in [4.78, 5) is 52.3. The summed E-state index contributed by atoms with van der Waals surface area (Å²) in [6.45, 7) is -0.693. The molecule has 1 saturated heterocycles. The summed E-state index contributed by atoms with van der Waals surface area (Å²) >= 11 is 13.4. The fourth-order valence-electron chi connectivity index (χ4n) is 4.24. The van der Waals surface area contributed by atoms with Crippen LogP contribution in [0, 0.1) is 0 Å². The quantitative estimate of drug-likeness (QED) is 0.351. The number of piperidine rings is 1. The largest absolute Gasteiger partial charge is 0.480 e. The number of nitrogens with zero attached hydrogens (tertiary/aromatic N) is 2. The number of nitrogens with one attached hydrogen (secondary N) is 2. The molecule has 2 aliphatic rings. The molecule has 1 aliphatic heterocycles. The molecule has 0 spiro atoms.